The second-order valence-electron chi connectivity index (χ2n) is 7.04. The topological polar surface area (TPSA) is 91.8 Å². The van der Waals surface area contributed by atoms with Crippen LogP contribution >= 0.6 is 0 Å². The summed E-state index contributed by atoms with van der Waals surface area (Å²) in [6, 6.07) is 3.45. The van der Waals surface area contributed by atoms with Gasteiger partial charge >= 0.3 is 0 Å². The van der Waals surface area contributed by atoms with Crippen LogP contribution in [0, 0.1) is 0 Å². The number of aryl methyl sites for hydroxylation is 1. The van der Waals surface area contributed by atoms with Gasteiger partial charge in [0.15, 0.2) is 11.7 Å². The van der Waals surface area contributed by atoms with Crippen molar-refractivity contribution in [2.75, 3.05) is 39.3 Å². The average molecular weight is 402 g/mol. The highest BCUT2D eigenvalue weighted by Crippen LogP contribution is 2.10. The lowest BCUT2D eigenvalue weighted by Crippen LogP contribution is -2.54. The molecule has 2 aromatic heterocycles. The SMILES string of the molecule is CCCCN=C(NCCn1cnnc1CC)N1CCN(C(=O)c2ccco2)CC1. The van der Waals surface area contributed by atoms with Crippen LogP contribution in [0.4, 0.5) is 0 Å². The van der Waals surface area contributed by atoms with Gasteiger partial charge in [0.1, 0.15) is 12.2 Å². The number of carbonyl (C=O) groups excluding carboxylic acids is 1. The zero-order chi connectivity index (χ0) is 20.5. The number of aliphatic imine (C=N–C) groups is 1. The summed E-state index contributed by atoms with van der Waals surface area (Å²) in [6.45, 7) is 9.39. The minimum absolute atomic E-state index is 0.0493. The summed E-state index contributed by atoms with van der Waals surface area (Å²) in [4.78, 5) is 21.3. The van der Waals surface area contributed by atoms with Crippen molar-refractivity contribution in [2.45, 2.75) is 39.7 Å². The van der Waals surface area contributed by atoms with E-state index in [-0.39, 0.29) is 5.91 Å². The van der Waals surface area contributed by atoms with Crippen molar-refractivity contribution in [3.05, 3.63) is 36.3 Å². The zero-order valence-electron chi connectivity index (χ0n) is 17.4. The normalized spacial score (nSPS) is 15.0. The van der Waals surface area contributed by atoms with Crippen molar-refractivity contribution in [3.63, 3.8) is 0 Å². The third-order valence-corrected chi connectivity index (χ3v) is 5.02. The van der Waals surface area contributed by atoms with Crippen molar-refractivity contribution in [1.82, 2.24) is 29.9 Å². The number of guanidine groups is 1. The third-order valence-electron chi connectivity index (χ3n) is 5.02. The molecule has 1 aliphatic rings. The highest BCUT2D eigenvalue weighted by atomic mass is 16.3. The maximum absolute atomic E-state index is 12.5. The molecule has 0 saturated carbocycles. The molecule has 3 heterocycles. The number of furan rings is 1. The number of unbranched alkanes of at least 4 members (excludes halogenated alkanes) is 1. The molecule has 9 nitrogen and oxygen atoms in total. The molecule has 1 N–H and O–H groups in total. The first-order chi connectivity index (χ1) is 14.2. The Labute approximate surface area is 171 Å². The number of carbonyl (C=O) groups is 1. The predicted octanol–water partition coefficient (Wildman–Crippen LogP) is 1.64. The summed E-state index contributed by atoms with van der Waals surface area (Å²) in [5.41, 5.74) is 0. The molecule has 1 amide bonds. The van der Waals surface area contributed by atoms with E-state index in [4.69, 9.17) is 9.41 Å². The van der Waals surface area contributed by atoms with Crippen LogP contribution in [0.25, 0.3) is 0 Å². The molecule has 29 heavy (non-hydrogen) atoms. The van der Waals surface area contributed by atoms with Gasteiger partial charge in [0.05, 0.1) is 6.26 Å². The maximum Gasteiger partial charge on any atom is 0.289 e. The number of hydrogen-bond acceptors (Lipinski definition) is 5. The second-order valence-corrected chi connectivity index (χ2v) is 7.04. The molecule has 0 unspecified atom stereocenters. The van der Waals surface area contributed by atoms with E-state index in [1.807, 2.05) is 4.90 Å². The highest BCUT2D eigenvalue weighted by Gasteiger charge is 2.25. The first kappa shape index (κ1) is 20.9. The van der Waals surface area contributed by atoms with Gasteiger partial charge in [-0.2, -0.15) is 0 Å². The number of aromatic nitrogens is 3. The molecule has 1 fully saturated rings. The Morgan fingerprint density at radius 3 is 2.72 bits per heavy atom. The van der Waals surface area contributed by atoms with Crippen LogP contribution in [0.3, 0.4) is 0 Å². The molecule has 0 atom stereocenters. The van der Waals surface area contributed by atoms with Crippen molar-refractivity contribution in [2.24, 2.45) is 4.99 Å². The Balaban J connectivity index is 1.54. The van der Waals surface area contributed by atoms with Crippen LogP contribution < -0.4 is 5.32 Å². The molecular formula is C20H31N7O2. The summed E-state index contributed by atoms with van der Waals surface area (Å²) in [5.74, 6) is 2.25. The zero-order valence-corrected chi connectivity index (χ0v) is 17.4. The van der Waals surface area contributed by atoms with Crippen molar-refractivity contribution < 1.29 is 9.21 Å². The van der Waals surface area contributed by atoms with Crippen molar-refractivity contribution >= 4 is 11.9 Å². The number of amides is 1. The molecular weight excluding hydrogens is 370 g/mol. The first-order valence-electron chi connectivity index (χ1n) is 10.5. The summed E-state index contributed by atoms with van der Waals surface area (Å²) in [6.07, 6.45) is 6.35. The minimum atomic E-state index is -0.0493. The molecule has 0 radical (unpaired) electrons. The Kier molecular flexibility index (Phi) is 7.66. The quantitative estimate of drug-likeness (QED) is 0.411. The number of nitrogens with one attached hydrogen (secondary N) is 1. The molecule has 0 aliphatic carbocycles. The van der Waals surface area contributed by atoms with Gasteiger partial charge in [0, 0.05) is 52.2 Å². The fourth-order valence-electron chi connectivity index (χ4n) is 3.32. The van der Waals surface area contributed by atoms with E-state index in [9.17, 15) is 4.79 Å². The van der Waals surface area contributed by atoms with Crippen LogP contribution in [0.1, 0.15) is 43.1 Å². The first-order valence-corrected chi connectivity index (χ1v) is 10.5. The number of nitrogens with zero attached hydrogens (tertiary/aromatic N) is 6. The minimum Gasteiger partial charge on any atom is -0.459 e. The maximum atomic E-state index is 12.5. The third kappa shape index (κ3) is 5.58. The average Bonchev–Trinajstić information content (AvgIpc) is 3.44. The fraction of sp³-hybridized carbons (Fsp3) is 0.600. The Hall–Kier alpha value is -2.84. The summed E-state index contributed by atoms with van der Waals surface area (Å²) < 4.78 is 7.31. The monoisotopic (exact) mass is 401 g/mol. The van der Waals surface area contributed by atoms with Gasteiger partial charge in [-0.05, 0) is 18.6 Å². The van der Waals surface area contributed by atoms with Crippen molar-refractivity contribution in [3.8, 4) is 0 Å². The molecule has 158 valence electrons. The van der Waals surface area contributed by atoms with E-state index in [1.54, 1.807) is 18.5 Å². The van der Waals surface area contributed by atoms with Gasteiger partial charge in [0.25, 0.3) is 5.91 Å². The number of hydrogen-bond donors (Lipinski definition) is 1. The van der Waals surface area contributed by atoms with E-state index in [0.29, 0.717) is 18.8 Å². The molecule has 0 bridgehead atoms. The van der Waals surface area contributed by atoms with Crippen LogP contribution in [-0.4, -0.2) is 75.7 Å². The Morgan fingerprint density at radius 1 is 1.24 bits per heavy atom. The molecule has 0 spiro atoms. The number of piperazine rings is 1. The second kappa shape index (κ2) is 10.6. The lowest BCUT2D eigenvalue weighted by Gasteiger charge is -2.36. The van der Waals surface area contributed by atoms with E-state index in [2.05, 4.69) is 38.8 Å². The van der Waals surface area contributed by atoms with Crippen LogP contribution in [-0.2, 0) is 13.0 Å². The Bertz CT molecular complexity index is 777. The largest absolute Gasteiger partial charge is 0.459 e. The molecule has 1 saturated heterocycles. The summed E-state index contributed by atoms with van der Waals surface area (Å²) in [5, 5.41) is 11.6. The smallest absolute Gasteiger partial charge is 0.289 e. The van der Waals surface area contributed by atoms with E-state index < -0.39 is 0 Å². The summed E-state index contributed by atoms with van der Waals surface area (Å²) in [7, 11) is 0. The van der Waals surface area contributed by atoms with Crippen LogP contribution in [0.15, 0.2) is 34.1 Å². The molecule has 0 aromatic carbocycles. The van der Waals surface area contributed by atoms with Crippen LogP contribution in [0.2, 0.25) is 0 Å². The lowest BCUT2D eigenvalue weighted by molar-refractivity contribution is 0.0657. The molecule has 3 rings (SSSR count). The summed E-state index contributed by atoms with van der Waals surface area (Å²) >= 11 is 0. The van der Waals surface area contributed by atoms with Gasteiger partial charge in [-0.25, -0.2) is 0 Å². The van der Waals surface area contributed by atoms with Gasteiger partial charge in [0.2, 0.25) is 0 Å². The highest BCUT2D eigenvalue weighted by molar-refractivity contribution is 5.91. The fourth-order valence-corrected chi connectivity index (χ4v) is 3.32. The standard InChI is InChI=1S/C20H31N7O2/c1-3-5-8-21-20(22-9-10-27-16-23-24-18(27)4-2)26-13-11-25(12-14-26)19(28)17-7-6-15-29-17/h6-7,15-16H,3-5,8-14H2,1-2H3,(H,21,22). The molecule has 1 aliphatic heterocycles. The predicted molar refractivity (Wildman–Crippen MR) is 111 cm³/mol. The van der Waals surface area contributed by atoms with Gasteiger partial charge in [-0.3, -0.25) is 9.79 Å². The van der Waals surface area contributed by atoms with Gasteiger partial charge in [-0.1, -0.05) is 20.3 Å². The molecule has 9 heteroatoms. The number of rotatable bonds is 8. The van der Waals surface area contributed by atoms with E-state index >= 15 is 0 Å². The van der Waals surface area contributed by atoms with E-state index in [1.165, 1.54) is 6.26 Å². The lowest BCUT2D eigenvalue weighted by atomic mass is 10.3. The van der Waals surface area contributed by atoms with Crippen LogP contribution in [0.5, 0.6) is 0 Å². The van der Waals surface area contributed by atoms with Gasteiger partial charge < -0.3 is 24.1 Å². The molecule has 2 aromatic rings. The Morgan fingerprint density at radius 2 is 2.03 bits per heavy atom. The van der Waals surface area contributed by atoms with Crippen molar-refractivity contribution in [1.29, 1.82) is 0 Å². The van der Waals surface area contributed by atoms with E-state index in [0.717, 1.165) is 63.8 Å². The van der Waals surface area contributed by atoms with Gasteiger partial charge in [-0.15, -0.1) is 10.2 Å².